The second-order valence-corrected chi connectivity index (χ2v) is 6.46. The van der Waals surface area contributed by atoms with Crippen LogP contribution in [0.5, 0.6) is 0 Å². The number of aliphatic imine (C=N–C) groups is 1. The van der Waals surface area contributed by atoms with Crippen LogP contribution in [0.1, 0.15) is 0 Å². The number of halogens is 1. The first-order valence-electron chi connectivity index (χ1n) is 5.76. The molecule has 0 aliphatic heterocycles. The van der Waals surface area contributed by atoms with Gasteiger partial charge in [-0.2, -0.15) is 0 Å². The number of benzene rings is 2. The average molecular weight is 371 g/mol. The molecule has 0 aromatic heterocycles. The molecule has 0 amide bonds. The Hall–Kier alpha value is -1.73. The number of primary sulfonamides is 1. The molecule has 0 fully saturated rings. The first-order valence-corrected chi connectivity index (χ1v) is 8.16. The number of amidine groups is 1. The number of nitrogens with two attached hydrogens (primary N) is 1. The normalized spacial score (nSPS) is 12.2. The Labute approximate surface area is 130 Å². The van der Waals surface area contributed by atoms with E-state index in [9.17, 15) is 12.8 Å². The number of nitrogens with zero attached hydrogens (tertiary/aromatic N) is 1. The number of nitrogens with one attached hydrogen (secondary N) is 1. The SMILES string of the molecule is NS(=O)(=O)c1ccc(NC([Se])=Nc2ccc(F)cc2)cc1. The molecule has 0 aliphatic rings. The van der Waals surface area contributed by atoms with E-state index in [1.165, 1.54) is 24.3 Å². The first kappa shape index (κ1) is 15.7. The van der Waals surface area contributed by atoms with Crippen molar-refractivity contribution in [1.82, 2.24) is 0 Å². The molecule has 0 saturated carbocycles. The van der Waals surface area contributed by atoms with Crippen LogP contribution in [0.3, 0.4) is 0 Å². The van der Waals surface area contributed by atoms with Crippen molar-refractivity contribution in [2.24, 2.45) is 10.1 Å². The third-order valence-electron chi connectivity index (χ3n) is 2.49. The van der Waals surface area contributed by atoms with E-state index in [1.54, 1.807) is 24.3 Å². The van der Waals surface area contributed by atoms with Gasteiger partial charge in [0.05, 0.1) is 0 Å². The second-order valence-electron chi connectivity index (χ2n) is 4.09. The van der Waals surface area contributed by atoms with Crippen molar-refractivity contribution in [2.75, 3.05) is 5.32 Å². The van der Waals surface area contributed by atoms with E-state index < -0.39 is 10.0 Å². The van der Waals surface area contributed by atoms with Gasteiger partial charge in [0.2, 0.25) is 0 Å². The number of hydrogen-bond donors (Lipinski definition) is 2. The van der Waals surface area contributed by atoms with Gasteiger partial charge < -0.3 is 0 Å². The molecular formula is C13H11FN3O2SSe. The fourth-order valence-electron chi connectivity index (χ4n) is 1.51. The summed E-state index contributed by atoms with van der Waals surface area (Å²) in [6.07, 6.45) is 0. The Morgan fingerprint density at radius 3 is 2.19 bits per heavy atom. The Balaban J connectivity index is 2.12. The molecule has 0 saturated heterocycles. The quantitative estimate of drug-likeness (QED) is 0.490. The van der Waals surface area contributed by atoms with Gasteiger partial charge in [0, 0.05) is 0 Å². The summed E-state index contributed by atoms with van der Waals surface area (Å²) in [5.41, 5.74) is 1.22. The molecule has 109 valence electrons. The minimum atomic E-state index is -3.70. The third kappa shape index (κ3) is 4.64. The second kappa shape index (κ2) is 6.36. The van der Waals surface area contributed by atoms with E-state index in [0.717, 1.165) is 0 Å². The van der Waals surface area contributed by atoms with E-state index in [1.807, 2.05) is 0 Å². The first-order chi connectivity index (χ1) is 9.84. The summed E-state index contributed by atoms with van der Waals surface area (Å²) in [5, 5.41) is 7.96. The van der Waals surface area contributed by atoms with Crippen molar-refractivity contribution in [2.45, 2.75) is 4.90 Å². The van der Waals surface area contributed by atoms with Crippen molar-refractivity contribution in [3.8, 4) is 0 Å². The van der Waals surface area contributed by atoms with Crippen LogP contribution in [-0.4, -0.2) is 29.2 Å². The summed E-state index contributed by atoms with van der Waals surface area (Å²) >= 11 is 2.74. The van der Waals surface area contributed by atoms with E-state index >= 15 is 0 Å². The average Bonchev–Trinajstić information content (AvgIpc) is 2.41. The Bertz CT molecular complexity index is 759. The molecule has 8 heteroatoms. The van der Waals surface area contributed by atoms with Gasteiger partial charge in [-0.25, -0.2) is 0 Å². The Morgan fingerprint density at radius 1 is 1.10 bits per heavy atom. The summed E-state index contributed by atoms with van der Waals surface area (Å²) in [6.45, 7) is 0. The van der Waals surface area contributed by atoms with Gasteiger partial charge >= 0.3 is 130 Å². The fourth-order valence-corrected chi connectivity index (χ4v) is 2.50. The molecule has 0 heterocycles. The molecule has 2 aromatic carbocycles. The van der Waals surface area contributed by atoms with Crippen LogP contribution in [0.4, 0.5) is 15.8 Å². The van der Waals surface area contributed by atoms with Gasteiger partial charge in [0.1, 0.15) is 0 Å². The summed E-state index contributed by atoms with van der Waals surface area (Å²) in [4.78, 5) is 4.24. The number of hydrogen-bond acceptors (Lipinski definition) is 3. The molecule has 3 N–H and O–H groups in total. The van der Waals surface area contributed by atoms with E-state index in [4.69, 9.17) is 5.14 Å². The molecule has 0 atom stereocenters. The molecule has 5 nitrogen and oxygen atoms in total. The standard InChI is InChI=1S/C13H11FN3O2SSe/c14-9-1-3-10(4-2-9)16-13(21)17-11-5-7-12(8-6-11)20(15,18)19/h1-8H,(H,16,17)(H2,15,18,19). The summed E-state index contributed by atoms with van der Waals surface area (Å²) in [7, 11) is -3.70. The van der Waals surface area contributed by atoms with Crippen molar-refractivity contribution < 1.29 is 12.8 Å². The fraction of sp³-hybridized carbons (Fsp3) is 0. The number of rotatable bonds is 3. The van der Waals surface area contributed by atoms with Crippen LogP contribution in [0.25, 0.3) is 0 Å². The van der Waals surface area contributed by atoms with Crippen molar-refractivity contribution >= 4 is 42.1 Å². The van der Waals surface area contributed by atoms with Crippen LogP contribution in [0.2, 0.25) is 0 Å². The van der Waals surface area contributed by atoms with Gasteiger partial charge in [0.15, 0.2) is 0 Å². The summed E-state index contributed by atoms with van der Waals surface area (Å²) in [5.74, 6) is -0.331. The molecule has 2 rings (SSSR count). The zero-order valence-corrected chi connectivity index (χ0v) is 13.2. The van der Waals surface area contributed by atoms with Crippen LogP contribution in [0, 0.1) is 5.82 Å². The predicted octanol–water partition coefficient (Wildman–Crippen LogP) is 1.74. The monoisotopic (exact) mass is 372 g/mol. The molecule has 0 spiro atoms. The van der Waals surface area contributed by atoms with Gasteiger partial charge in [-0.15, -0.1) is 0 Å². The minimum absolute atomic E-state index is 0.0326. The van der Waals surface area contributed by atoms with Crippen LogP contribution in [0.15, 0.2) is 58.4 Å². The summed E-state index contributed by atoms with van der Waals surface area (Å²) in [6, 6.07) is 11.6. The predicted molar refractivity (Wildman–Crippen MR) is 80.7 cm³/mol. The van der Waals surface area contributed by atoms with Gasteiger partial charge in [-0.05, 0) is 0 Å². The maximum absolute atomic E-state index is 12.8. The van der Waals surface area contributed by atoms with Crippen LogP contribution < -0.4 is 10.5 Å². The molecule has 0 aliphatic carbocycles. The van der Waals surface area contributed by atoms with Gasteiger partial charge in [-0.3, -0.25) is 0 Å². The molecule has 21 heavy (non-hydrogen) atoms. The number of sulfonamides is 1. The molecule has 0 unspecified atom stereocenters. The van der Waals surface area contributed by atoms with Crippen molar-refractivity contribution in [3.63, 3.8) is 0 Å². The Morgan fingerprint density at radius 2 is 1.67 bits per heavy atom. The van der Waals surface area contributed by atoms with Crippen molar-refractivity contribution in [3.05, 3.63) is 54.3 Å². The summed E-state index contributed by atoms with van der Waals surface area (Å²) < 4.78 is 35.5. The van der Waals surface area contributed by atoms with Crippen LogP contribution >= 0.6 is 0 Å². The zero-order chi connectivity index (χ0) is 15.5. The maximum atomic E-state index is 12.8. The van der Waals surface area contributed by atoms with E-state index in [-0.39, 0.29) is 10.7 Å². The molecular weight excluding hydrogens is 360 g/mol. The molecule has 1 radical (unpaired) electrons. The zero-order valence-electron chi connectivity index (χ0n) is 10.7. The number of anilines is 1. The van der Waals surface area contributed by atoms with Gasteiger partial charge in [0.25, 0.3) is 0 Å². The topological polar surface area (TPSA) is 84.5 Å². The third-order valence-corrected chi connectivity index (χ3v) is 3.83. The molecule has 0 bridgehead atoms. The Kier molecular flexibility index (Phi) is 4.74. The molecule has 2 aromatic rings. The van der Waals surface area contributed by atoms with Gasteiger partial charge in [-0.1, -0.05) is 0 Å². The van der Waals surface area contributed by atoms with E-state index in [2.05, 4.69) is 26.3 Å². The van der Waals surface area contributed by atoms with Crippen LogP contribution in [-0.2, 0) is 10.0 Å². The van der Waals surface area contributed by atoms with Crippen molar-refractivity contribution in [1.29, 1.82) is 0 Å². The van der Waals surface area contributed by atoms with E-state index in [0.29, 0.717) is 16.1 Å².